The smallest absolute Gasteiger partial charge is 0.0981 e. The predicted octanol–water partition coefficient (Wildman–Crippen LogP) is 4.47. The van der Waals surface area contributed by atoms with Gasteiger partial charge >= 0.3 is 0 Å². The fraction of sp³-hybridized carbons (Fsp3) is 0.667. The van der Waals surface area contributed by atoms with Gasteiger partial charge in [0.05, 0.1) is 8.67 Å². The van der Waals surface area contributed by atoms with Gasteiger partial charge in [-0.1, -0.05) is 37.0 Å². The van der Waals surface area contributed by atoms with Gasteiger partial charge in [0.1, 0.15) is 0 Å². The quantitative estimate of drug-likeness (QED) is 0.837. The lowest BCUT2D eigenvalue weighted by atomic mass is 9.83. The highest BCUT2D eigenvalue weighted by molar-refractivity contribution is 7.20. The van der Waals surface area contributed by atoms with Gasteiger partial charge in [-0.05, 0) is 42.9 Å². The Balaban J connectivity index is 1.96. The molecular weight excluding hydrogens is 261 g/mol. The van der Waals surface area contributed by atoms with E-state index in [9.17, 15) is 0 Å². The van der Waals surface area contributed by atoms with Crippen molar-refractivity contribution >= 4 is 34.5 Å². The molecule has 2 rings (SSSR count). The van der Waals surface area contributed by atoms with Crippen molar-refractivity contribution in [2.75, 3.05) is 6.54 Å². The SMILES string of the molecule is CC(C)(CCNC1CC1)c1cc(Cl)sc1Cl. The Kier molecular flexibility index (Phi) is 3.85. The molecule has 1 N–H and O–H groups in total. The van der Waals surface area contributed by atoms with Crippen molar-refractivity contribution in [3.8, 4) is 0 Å². The minimum atomic E-state index is 0.0998. The Labute approximate surface area is 111 Å². The van der Waals surface area contributed by atoms with Gasteiger partial charge in [-0.25, -0.2) is 0 Å². The molecule has 90 valence electrons. The lowest BCUT2D eigenvalue weighted by Crippen LogP contribution is -2.26. The van der Waals surface area contributed by atoms with E-state index in [2.05, 4.69) is 19.2 Å². The average molecular weight is 278 g/mol. The van der Waals surface area contributed by atoms with Crippen molar-refractivity contribution in [1.82, 2.24) is 5.32 Å². The summed E-state index contributed by atoms with van der Waals surface area (Å²) in [6, 6.07) is 2.78. The maximum Gasteiger partial charge on any atom is 0.0981 e. The normalized spacial score (nSPS) is 16.8. The van der Waals surface area contributed by atoms with E-state index in [0.717, 1.165) is 27.7 Å². The lowest BCUT2D eigenvalue weighted by Gasteiger charge is -2.24. The number of nitrogens with one attached hydrogen (secondary N) is 1. The molecule has 0 aromatic carbocycles. The summed E-state index contributed by atoms with van der Waals surface area (Å²) in [5.41, 5.74) is 1.28. The molecule has 0 saturated heterocycles. The molecule has 1 aromatic rings. The van der Waals surface area contributed by atoms with E-state index < -0.39 is 0 Å². The molecule has 1 heterocycles. The highest BCUT2D eigenvalue weighted by atomic mass is 35.5. The van der Waals surface area contributed by atoms with Gasteiger partial charge in [-0.15, -0.1) is 11.3 Å². The molecule has 1 aromatic heterocycles. The van der Waals surface area contributed by atoms with Crippen molar-refractivity contribution < 1.29 is 0 Å². The molecule has 1 saturated carbocycles. The first-order chi connectivity index (χ1) is 7.49. The number of halogens is 2. The van der Waals surface area contributed by atoms with Gasteiger partial charge in [-0.2, -0.15) is 0 Å². The van der Waals surface area contributed by atoms with Gasteiger partial charge in [0.15, 0.2) is 0 Å². The first-order valence-corrected chi connectivity index (χ1v) is 7.25. The van der Waals surface area contributed by atoms with Crippen LogP contribution in [-0.2, 0) is 5.41 Å². The zero-order valence-electron chi connectivity index (χ0n) is 9.65. The Morgan fingerprint density at radius 2 is 2.12 bits per heavy atom. The predicted molar refractivity (Wildman–Crippen MR) is 73.0 cm³/mol. The Morgan fingerprint density at radius 1 is 1.44 bits per heavy atom. The topological polar surface area (TPSA) is 12.0 Å². The molecule has 0 radical (unpaired) electrons. The van der Waals surface area contributed by atoms with E-state index in [1.165, 1.54) is 29.7 Å². The highest BCUT2D eigenvalue weighted by Crippen LogP contribution is 2.40. The zero-order chi connectivity index (χ0) is 11.8. The second kappa shape index (κ2) is 4.85. The van der Waals surface area contributed by atoms with E-state index in [1.807, 2.05) is 6.07 Å². The fourth-order valence-electron chi connectivity index (χ4n) is 1.81. The minimum Gasteiger partial charge on any atom is -0.314 e. The first-order valence-electron chi connectivity index (χ1n) is 5.68. The highest BCUT2D eigenvalue weighted by Gasteiger charge is 2.26. The van der Waals surface area contributed by atoms with Crippen molar-refractivity contribution in [2.45, 2.75) is 44.6 Å². The standard InChI is InChI=1S/C12H17Cl2NS/c1-12(2,5-6-15-8-3-4-8)9-7-10(13)16-11(9)14/h7-8,15H,3-6H2,1-2H3. The van der Waals surface area contributed by atoms with E-state index in [4.69, 9.17) is 23.2 Å². The van der Waals surface area contributed by atoms with Gasteiger partial charge in [0.25, 0.3) is 0 Å². The molecule has 1 aliphatic rings. The van der Waals surface area contributed by atoms with Gasteiger partial charge < -0.3 is 5.32 Å². The largest absolute Gasteiger partial charge is 0.314 e. The number of thiophene rings is 1. The van der Waals surface area contributed by atoms with Crippen molar-refractivity contribution in [3.63, 3.8) is 0 Å². The van der Waals surface area contributed by atoms with Gasteiger partial charge in [0.2, 0.25) is 0 Å². The zero-order valence-corrected chi connectivity index (χ0v) is 12.0. The third-order valence-electron chi connectivity index (χ3n) is 3.15. The molecular formula is C12H17Cl2NS. The Hall–Kier alpha value is 0.240. The van der Waals surface area contributed by atoms with Gasteiger partial charge in [0, 0.05) is 6.04 Å². The van der Waals surface area contributed by atoms with Crippen LogP contribution in [0.5, 0.6) is 0 Å². The molecule has 1 nitrogen and oxygen atoms in total. The monoisotopic (exact) mass is 277 g/mol. The molecule has 1 aliphatic carbocycles. The summed E-state index contributed by atoms with van der Waals surface area (Å²) < 4.78 is 1.62. The van der Waals surface area contributed by atoms with Crippen LogP contribution in [0.1, 0.15) is 38.7 Å². The molecule has 16 heavy (non-hydrogen) atoms. The van der Waals surface area contributed by atoms with Crippen LogP contribution in [0.25, 0.3) is 0 Å². The Bertz CT molecular complexity index is 369. The molecule has 1 fully saturated rings. The second-order valence-corrected chi connectivity index (χ2v) is 7.39. The summed E-state index contributed by atoms with van der Waals surface area (Å²) in [7, 11) is 0. The fourth-order valence-corrected chi connectivity index (χ4v) is 3.62. The van der Waals surface area contributed by atoms with Crippen LogP contribution in [0.3, 0.4) is 0 Å². The molecule has 0 spiro atoms. The number of rotatable bonds is 5. The van der Waals surface area contributed by atoms with Crippen LogP contribution < -0.4 is 5.32 Å². The molecule has 0 aliphatic heterocycles. The van der Waals surface area contributed by atoms with Crippen LogP contribution in [0, 0.1) is 0 Å². The maximum atomic E-state index is 6.20. The second-order valence-electron chi connectivity index (χ2n) is 5.10. The van der Waals surface area contributed by atoms with Crippen LogP contribution in [-0.4, -0.2) is 12.6 Å². The van der Waals surface area contributed by atoms with Crippen molar-refractivity contribution in [1.29, 1.82) is 0 Å². The molecule has 4 heteroatoms. The van der Waals surface area contributed by atoms with Crippen LogP contribution in [0.15, 0.2) is 6.07 Å². The summed E-state index contributed by atoms with van der Waals surface area (Å²) in [5, 5.41) is 3.54. The minimum absolute atomic E-state index is 0.0998. The summed E-state index contributed by atoms with van der Waals surface area (Å²) in [6.45, 7) is 5.51. The van der Waals surface area contributed by atoms with E-state index >= 15 is 0 Å². The van der Waals surface area contributed by atoms with Crippen molar-refractivity contribution in [2.24, 2.45) is 0 Å². The van der Waals surface area contributed by atoms with Crippen molar-refractivity contribution in [3.05, 3.63) is 20.3 Å². The van der Waals surface area contributed by atoms with Crippen LogP contribution >= 0.6 is 34.5 Å². The van der Waals surface area contributed by atoms with Gasteiger partial charge in [-0.3, -0.25) is 0 Å². The first kappa shape index (κ1) is 12.7. The molecule has 0 atom stereocenters. The van der Waals surface area contributed by atoms with Crippen LogP contribution in [0.2, 0.25) is 8.67 Å². The lowest BCUT2D eigenvalue weighted by molar-refractivity contribution is 0.457. The summed E-state index contributed by atoms with van der Waals surface area (Å²) in [5.74, 6) is 0. The summed E-state index contributed by atoms with van der Waals surface area (Å²) >= 11 is 13.6. The van der Waals surface area contributed by atoms with E-state index in [-0.39, 0.29) is 5.41 Å². The number of hydrogen-bond acceptors (Lipinski definition) is 2. The summed E-state index contributed by atoms with van der Waals surface area (Å²) in [4.78, 5) is 0. The molecule has 0 unspecified atom stereocenters. The van der Waals surface area contributed by atoms with Crippen LogP contribution in [0.4, 0.5) is 0 Å². The van der Waals surface area contributed by atoms with E-state index in [0.29, 0.717) is 0 Å². The molecule has 0 amide bonds. The summed E-state index contributed by atoms with van der Waals surface area (Å²) in [6.07, 6.45) is 3.77. The average Bonchev–Trinajstić information content (AvgIpc) is 2.91. The third-order valence-corrected chi connectivity index (χ3v) is 4.63. The number of hydrogen-bond donors (Lipinski definition) is 1. The maximum absolute atomic E-state index is 6.20. The van der Waals surface area contributed by atoms with E-state index in [1.54, 1.807) is 0 Å². The third kappa shape index (κ3) is 3.13. The Morgan fingerprint density at radius 3 is 2.62 bits per heavy atom. The molecule has 0 bridgehead atoms.